The van der Waals surface area contributed by atoms with Crippen LogP contribution in [0.3, 0.4) is 0 Å². The summed E-state index contributed by atoms with van der Waals surface area (Å²) in [5, 5.41) is 19.8. The molecule has 0 atom stereocenters. The number of nitriles is 2. The number of hydrogen-bond donors (Lipinski definition) is 1. The third kappa shape index (κ3) is 3.32. The van der Waals surface area contributed by atoms with Crippen molar-refractivity contribution < 1.29 is 13.2 Å². The topological polar surface area (TPSA) is 72.0 Å². The number of hydrazone groups is 1. The Morgan fingerprint density at radius 3 is 2.30 bits per heavy atom. The summed E-state index contributed by atoms with van der Waals surface area (Å²) in [6, 6.07) is 3.59. The molecule has 4 nitrogen and oxygen atoms in total. The maximum absolute atomic E-state index is 12.8. The Kier molecular flexibility index (Phi) is 4.83. The lowest BCUT2D eigenvalue weighted by atomic mass is 10.1. The molecule has 1 aromatic carbocycles. The minimum atomic E-state index is -4.62. The zero-order chi connectivity index (χ0) is 15.5. The van der Waals surface area contributed by atoms with E-state index in [1.54, 1.807) is 0 Å². The van der Waals surface area contributed by atoms with Crippen molar-refractivity contribution in [1.82, 2.24) is 0 Å². The van der Waals surface area contributed by atoms with E-state index in [0.29, 0.717) is 6.07 Å². The highest BCUT2D eigenvalue weighted by Crippen LogP contribution is 2.41. The van der Waals surface area contributed by atoms with Crippen molar-refractivity contribution in [2.24, 2.45) is 5.10 Å². The third-order valence-electron chi connectivity index (χ3n) is 2.28. The summed E-state index contributed by atoms with van der Waals surface area (Å²) in [5.41, 5.74) is 0.158. The number of nitrogens with zero attached hydrogens (tertiary/aromatic N) is 3. The van der Waals surface area contributed by atoms with Crippen LogP contribution >= 0.6 is 23.2 Å². The Morgan fingerprint density at radius 2 is 1.85 bits per heavy atom. The monoisotopic (exact) mass is 320 g/mol. The summed E-state index contributed by atoms with van der Waals surface area (Å²) in [4.78, 5) is 0. The molecular weight excluding hydrogens is 316 g/mol. The quantitative estimate of drug-likeness (QED) is 0.657. The number of halogens is 5. The van der Waals surface area contributed by atoms with Gasteiger partial charge in [-0.25, -0.2) is 0 Å². The standard InChI is InChI=1S/C11H5Cl2F3N4/c1-5-7(11(14,15)16)2-8(12)9(13)10(5)20-19-6(3-17)4-18/h2,20H,1H3. The first kappa shape index (κ1) is 16.1. The lowest BCUT2D eigenvalue weighted by Gasteiger charge is -2.16. The maximum Gasteiger partial charge on any atom is 0.416 e. The van der Waals surface area contributed by atoms with Crippen LogP contribution in [0.1, 0.15) is 11.1 Å². The number of hydrogen-bond acceptors (Lipinski definition) is 4. The van der Waals surface area contributed by atoms with Crippen molar-refractivity contribution in [3.8, 4) is 12.1 Å². The third-order valence-corrected chi connectivity index (χ3v) is 3.06. The van der Waals surface area contributed by atoms with Crippen molar-refractivity contribution in [3.05, 3.63) is 27.2 Å². The second-order valence-corrected chi connectivity index (χ2v) is 4.30. The molecule has 0 aliphatic carbocycles. The van der Waals surface area contributed by atoms with Gasteiger partial charge in [-0.15, -0.1) is 0 Å². The number of nitrogens with one attached hydrogen (secondary N) is 1. The fourth-order valence-corrected chi connectivity index (χ4v) is 1.77. The van der Waals surface area contributed by atoms with E-state index in [-0.39, 0.29) is 21.3 Å². The molecule has 104 valence electrons. The molecule has 0 amide bonds. The van der Waals surface area contributed by atoms with Crippen LogP contribution < -0.4 is 5.43 Å². The molecule has 0 bridgehead atoms. The summed E-state index contributed by atoms with van der Waals surface area (Å²) in [6.07, 6.45) is -4.62. The van der Waals surface area contributed by atoms with Gasteiger partial charge in [0.05, 0.1) is 21.3 Å². The van der Waals surface area contributed by atoms with Crippen molar-refractivity contribution >= 4 is 34.6 Å². The van der Waals surface area contributed by atoms with Gasteiger partial charge in [0.2, 0.25) is 5.71 Å². The van der Waals surface area contributed by atoms with Crippen LogP contribution in [-0.4, -0.2) is 5.71 Å². The van der Waals surface area contributed by atoms with E-state index in [1.807, 2.05) is 0 Å². The van der Waals surface area contributed by atoms with Crippen LogP contribution in [0.15, 0.2) is 11.2 Å². The first-order valence-electron chi connectivity index (χ1n) is 4.92. The largest absolute Gasteiger partial charge is 0.416 e. The fourth-order valence-electron chi connectivity index (χ4n) is 1.33. The van der Waals surface area contributed by atoms with Gasteiger partial charge in [0.15, 0.2) is 0 Å². The first-order valence-corrected chi connectivity index (χ1v) is 5.67. The number of alkyl halides is 3. The van der Waals surface area contributed by atoms with Gasteiger partial charge in [-0.05, 0) is 18.6 Å². The van der Waals surface area contributed by atoms with E-state index in [0.717, 1.165) is 0 Å². The maximum atomic E-state index is 12.8. The van der Waals surface area contributed by atoms with Gasteiger partial charge < -0.3 is 0 Å². The van der Waals surface area contributed by atoms with Crippen molar-refractivity contribution in [2.45, 2.75) is 13.1 Å². The second kappa shape index (κ2) is 6.00. The first-order chi connectivity index (χ1) is 9.22. The highest BCUT2D eigenvalue weighted by Gasteiger charge is 2.34. The van der Waals surface area contributed by atoms with Gasteiger partial charge in [0, 0.05) is 0 Å². The second-order valence-electron chi connectivity index (χ2n) is 3.51. The minimum absolute atomic E-state index is 0.184. The zero-order valence-electron chi connectivity index (χ0n) is 9.81. The van der Waals surface area contributed by atoms with E-state index in [2.05, 4.69) is 10.5 Å². The number of anilines is 1. The number of rotatable bonds is 2. The molecule has 9 heteroatoms. The molecule has 20 heavy (non-hydrogen) atoms. The van der Waals surface area contributed by atoms with Gasteiger partial charge in [-0.2, -0.15) is 28.8 Å². The van der Waals surface area contributed by atoms with Crippen LogP contribution in [0.5, 0.6) is 0 Å². The molecule has 0 aromatic heterocycles. The summed E-state index contributed by atoms with van der Waals surface area (Å²) >= 11 is 11.4. The zero-order valence-corrected chi connectivity index (χ0v) is 11.3. The van der Waals surface area contributed by atoms with E-state index < -0.39 is 17.5 Å². The SMILES string of the molecule is Cc1c(C(F)(F)F)cc(Cl)c(Cl)c1NN=C(C#N)C#N. The Morgan fingerprint density at radius 1 is 1.30 bits per heavy atom. The molecule has 0 spiro atoms. The van der Waals surface area contributed by atoms with Crippen molar-refractivity contribution in [1.29, 1.82) is 10.5 Å². The molecule has 0 radical (unpaired) electrons. The van der Waals surface area contributed by atoms with E-state index in [1.165, 1.54) is 19.1 Å². The summed E-state index contributed by atoms with van der Waals surface area (Å²) < 4.78 is 38.4. The van der Waals surface area contributed by atoms with E-state index in [9.17, 15) is 13.2 Å². The molecule has 0 fully saturated rings. The Bertz CT molecular complexity index is 638. The lowest BCUT2D eigenvalue weighted by Crippen LogP contribution is -2.10. The molecule has 0 aliphatic rings. The average Bonchev–Trinajstić information content (AvgIpc) is 2.37. The van der Waals surface area contributed by atoms with Crippen molar-refractivity contribution in [2.75, 3.05) is 5.43 Å². The molecule has 0 saturated heterocycles. The van der Waals surface area contributed by atoms with E-state index >= 15 is 0 Å². The Hall–Kier alpha value is -1.96. The lowest BCUT2D eigenvalue weighted by molar-refractivity contribution is -0.138. The molecule has 0 unspecified atom stereocenters. The van der Waals surface area contributed by atoms with Gasteiger partial charge in [0.25, 0.3) is 0 Å². The highest BCUT2D eigenvalue weighted by atomic mass is 35.5. The molecule has 0 heterocycles. The van der Waals surface area contributed by atoms with Gasteiger partial charge in [0.1, 0.15) is 12.1 Å². The molecule has 1 N–H and O–H groups in total. The molecule has 1 rings (SSSR count). The van der Waals surface area contributed by atoms with Crippen LogP contribution in [-0.2, 0) is 6.18 Å². The number of benzene rings is 1. The Labute approximate surface area is 122 Å². The predicted molar refractivity (Wildman–Crippen MR) is 68.5 cm³/mol. The van der Waals surface area contributed by atoms with Crippen molar-refractivity contribution in [3.63, 3.8) is 0 Å². The average molecular weight is 321 g/mol. The fraction of sp³-hybridized carbons (Fsp3) is 0.182. The highest BCUT2D eigenvalue weighted by molar-refractivity contribution is 6.44. The summed E-state index contributed by atoms with van der Waals surface area (Å²) in [5.74, 6) is 0. The van der Waals surface area contributed by atoms with Crippen LogP contribution in [0.2, 0.25) is 10.0 Å². The predicted octanol–water partition coefficient (Wildman–Crippen LogP) is 4.14. The van der Waals surface area contributed by atoms with Gasteiger partial charge in [-0.3, -0.25) is 5.43 Å². The van der Waals surface area contributed by atoms with Crippen LogP contribution in [0.25, 0.3) is 0 Å². The molecule has 1 aromatic rings. The normalized spacial score (nSPS) is 10.4. The van der Waals surface area contributed by atoms with Gasteiger partial charge >= 0.3 is 6.18 Å². The molecule has 0 saturated carbocycles. The van der Waals surface area contributed by atoms with Crippen LogP contribution in [0.4, 0.5) is 18.9 Å². The smallest absolute Gasteiger partial charge is 0.275 e. The van der Waals surface area contributed by atoms with Crippen LogP contribution in [0, 0.1) is 29.6 Å². The van der Waals surface area contributed by atoms with E-state index in [4.69, 9.17) is 33.7 Å². The molecule has 0 aliphatic heterocycles. The minimum Gasteiger partial charge on any atom is -0.275 e. The summed E-state index contributed by atoms with van der Waals surface area (Å²) in [6.45, 7) is 1.17. The Balaban J connectivity index is 3.41. The molecular formula is C11H5Cl2F3N4. The van der Waals surface area contributed by atoms with Gasteiger partial charge in [-0.1, -0.05) is 23.2 Å². The summed E-state index contributed by atoms with van der Waals surface area (Å²) in [7, 11) is 0.